The van der Waals surface area contributed by atoms with Crippen molar-refractivity contribution in [2.75, 3.05) is 0 Å². The summed E-state index contributed by atoms with van der Waals surface area (Å²) < 4.78 is 19.0. The van der Waals surface area contributed by atoms with Crippen molar-refractivity contribution in [2.45, 2.75) is 6.61 Å². The lowest BCUT2D eigenvalue weighted by molar-refractivity contribution is -0.387. The van der Waals surface area contributed by atoms with Crippen LogP contribution in [0.15, 0.2) is 42.5 Å². The molecule has 7 nitrogen and oxygen atoms in total. The van der Waals surface area contributed by atoms with E-state index in [1.807, 2.05) is 0 Å². The standard InChI is InChI=1S/C13H9FN2O5/c14-13-9(2-1-3-12(13)16(19)20)8-21-11-6-4-10(5-7-11)15(17)18/h1-7H,8H2. The highest BCUT2D eigenvalue weighted by atomic mass is 19.1. The van der Waals surface area contributed by atoms with Gasteiger partial charge in [-0.1, -0.05) is 12.1 Å². The van der Waals surface area contributed by atoms with Gasteiger partial charge in [-0.2, -0.15) is 4.39 Å². The molecule has 21 heavy (non-hydrogen) atoms. The third-order valence-corrected chi connectivity index (χ3v) is 2.70. The SMILES string of the molecule is O=[N+]([O-])c1ccc(OCc2cccc([N+](=O)[O-])c2F)cc1. The lowest BCUT2D eigenvalue weighted by atomic mass is 10.2. The molecular formula is C13H9FN2O5. The predicted octanol–water partition coefficient (Wildman–Crippen LogP) is 3.22. The summed E-state index contributed by atoms with van der Waals surface area (Å²) in [7, 11) is 0. The molecule has 0 amide bonds. The van der Waals surface area contributed by atoms with E-state index in [2.05, 4.69) is 0 Å². The Hall–Kier alpha value is -3.03. The van der Waals surface area contributed by atoms with Gasteiger partial charge in [-0.25, -0.2) is 0 Å². The van der Waals surface area contributed by atoms with Gasteiger partial charge in [0.05, 0.1) is 9.85 Å². The fraction of sp³-hybridized carbons (Fsp3) is 0.0769. The molecule has 2 aromatic rings. The van der Waals surface area contributed by atoms with Crippen molar-refractivity contribution in [3.8, 4) is 5.75 Å². The van der Waals surface area contributed by atoms with Crippen LogP contribution in [0, 0.1) is 26.0 Å². The monoisotopic (exact) mass is 292 g/mol. The Morgan fingerprint density at radius 2 is 1.67 bits per heavy atom. The van der Waals surface area contributed by atoms with E-state index in [-0.39, 0.29) is 17.9 Å². The Morgan fingerprint density at radius 1 is 1.00 bits per heavy atom. The van der Waals surface area contributed by atoms with Crippen LogP contribution in [-0.2, 0) is 6.61 Å². The Bertz CT molecular complexity index is 687. The van der Waals surface area contributed by atoms with Crippen molar-refractivity contribution >= 4 is 11.4 Å². The molecule has 0 saturated heterocycles. The minimum Gasteiger partial charge on any atom is -0.489 e. The average molecular weight is 292 g/mol. The molecule has 0 aliphatic rings. The van der Waals surface area contributed by atoms with Gasteiger partial charge in [-0.15, -0.1) is 0 Å². The summed E-state index contributed by atoms with van der Waals surface area (Å²) in [6.45, 7) is -0.217. The molecule has 0 unspecified atom stereocenters. The third kappa shape index (κ3) is 3.30. The molecule has 2 aromatic carbocycles. The number of hydrogen-bond donors (Lipinski definition) is 0. The Labute approximate surface area is 117 Å². The Morgan fingerprint density at radius 3 is 2.24 bits per heavy atom. The third-order valence-electron chi connectivity index (χ3n) is 2.70. The minimum absolute atomic E-state index is 0.0301. The molecule has 8 heteroatoms. The van der Waals surface area contributed by atoms with Gasteiger partial charge >= 0.3 is 5.69 Å². The summed E-state index contributed by atoms with van der Waals surface area (Å²) in [5.74, 6) is -0.657. The van der Waals surface area contributed by atoms with Crippen LogP contribution in [0.3, 0.4) is 0 Å². The van der Waals surface area contributed by atoms with Crippen LogP contribution < -0.4 is 4.74 Å². The van der Waals surface area contributed by atoms with Crippen LogP contribution in [0.4, 0.5) is 15.8 Å². The van der Waals surface area contributed by atoms with Crippen LogP contribution >= 0.6 is 0 Å². The number of nitro groups is 2. The number of nitro benzene ring substituents is 2. The first-order valence-electron chi connectivity index (χ1n) is 5.78. The predicted molar refractivity (Wildman–Crippen MR) is 70.5 cm³/mol. The fourth-order valence-corrected chi connectivity index (χ4v) is 1.64. The molecule has 2 rings (SSSR count). The number of ether oxygens (including phenoxy) is 1. The maximum Gasteiger partial charge on any atom is 0.305 e. The van der Waals surface area contributed by atoms with E-state index in [0.717, 1.165) is 6.07 Å². The van der Waals surface area contributed by atoms with Gasteiger partial charge in [0, 0.05) is 23.8 Å². The van der Waals surface area contributed by atoms with E-state index in [1.54, 1.807) is 0 Å². The van der Waals surface area contributed by atoms with Gasteiger partial charge in [0.15, 0.2) is 0 Å². The minimum atomic E-state index is -0.954. The van der Waals surface area contributed by atoms with E-state index in [4.69, 9.17) is 4.74 Å². The summed E-state index contributed by atoms with van der Waals surface area (Å²) in [5.41, 5.74) is -0.689. The number of nitrogens with zero attached hydrogens (tertiary/aromatic N) is 2. The molecule has 0 aliphatic heterocycles. The first-order valence-corrected chi connectivity index (χ1v) is 5.78. The first-order chi connectivity index (χ1) is 9.99. The van der Waals surface area contributed by atoms with Crippen molar-refractivity contribution in [3.63, 3.8) is 0 Å². The van der Waals surface area contributed by atoms with Crippen LogP contribution in [0.2, 0.25) is 0 Å². The molecule has 108 valence electrons. The molecule has 0 N–H and O–H groups in total. The summed E-state index contributed by atoms with van der Waals surface area (Å²) >= 11 is 0. The van der Waals surface area contributed by atoms with Crippen molar-refractivity contribution in [1.29, 1.82) is 0 Å². The number of hydrogen-bond acceptors (Lipinski definition) is 5. The highest BCUT2D eigenvalue weighted by Crippen LogP contribution is 2.23. The van der Waals surface area contributed by atoms with Gasteiger partial charge in [-0.3, -0.25) is 20.2 Å². The summed E-state index contributed by atoms with van der Waals surface area (Å²) in [4.78, 5) is 19.7. The number of non-ortho nitro benzene ring substituents is 1. The summed E-state index contributed by atoms with van der Waals surface area (Å²) in [6.07, 6.45) is 0. The fourth-order valence-electron chi connectivity index (χ4n) is 1.64. The second-order valence-corrected chi connectivity index (χ2v) is 4.05. The average Bonchev–Trinajstić information content (AvgIpc) is 2.46. The zero-order chi connectivity index (χ0) is 15.4. The molecule has 0 saturated carbocycles. The Balaban J connectivity index is 2.11. The van der Waals surface area contributed by atoms with Crippen molar-refractivity contribution < 1.29 is 19.0 Å². The van der Waals surface area contributed by atoms with E-state index in [1.165, 1.54) is 36.4 Å². The number of rotatable bonds is 5. The molecular weight excluding hydrogens is 283 g/mol. The molecule has 0 fully saturated rings. The number of halogens is 1. The van der Waals surface area contributed by atoms with E-state index < -0.39 is 21.4 Å². The lowest BCUT2D eigenvalue weighted by Crippen LogP contribution is -2.01. The smallest absolute Gasteiger partial charge is 0.305 e. The van der Waals surface area contributed by atoms with E-state index in [0.29, 0.717) is 5.75 Å². The molecule has 0 aliphatic carbocycles. The number of benzene rings is 2. The first kappa shape index (κ1) is 14.4. The molecule has 0 bridgehead atoms. The lowest BCUT2D eigenvalue weighted by Gasteiger charge is -2.07. The topological polar surface area (TPSA) is 95.5 Å². The zero-order valence-corrected chi connectivity index (χ0v) is 10.6. The molecule has 0 aromatic heterocycles. The van der Waals surface area contributed by atoms with Crippen molar-refractivity contribution in [3.05, 3.63) is 74.1 Å². The normalized spacial score (nSPS) is 10.1. The van der Waals surface area contributed by atoms with E-state index in [9.17, 15) is 24.6 Å². The summed E-state index contributed by atoms with van der Waals surface area (Å²) in [5, 5.41) is 21.1. The molecule has 0 radical (unpaired) electrons. The van der Waals surface area contributed by atoms with Gasteiger partial charge in [0.1, 0.15) is 12.4 Å². The maximum absolute atomic E-state index is 13.8. The van der Waals surface area contributed by atoms with Gasteiger partial charge in [0.25, 0.3) is 5.69 Å². The van der Waals surface area contributed by atoms with Crippen LogP contribution in [-0.4, -0.2) is 9.85 Å². The largest absolute Gasteiger partial charge is 0.489 e. The van der Waals surface area contributed by atoms with Gasteiger partial charge in [-0.05, 0) is 12.1 Å². The zero-order valence-electron chi connectivity index (χ0n) is 10.6. The molecule has 0 atom stereocenters. The van der Waals surface area contributed by atoms with Crippen molar-refractivity contribution in [2.24, 2.45) is 0 Å². The van der Waals surface area contributed by atoms with Gasteiger partial charge < -0.3 is 4.74 Å². The highest BCUT2D eigenvalue weighted by Gasteiger charge is 2.17. The van der Waals surface area contributed by atoms with Crippen LogP contribution in [0.5, 0.6) is 5.75 Å². The van der Waals surface area contributed by atoms with E-state index >= 15 is 0 Å². The molecule has 0 spiro atoms. The summed E-state index contributed by atoms with van der Waals surface area (Å²) in [6, 6.07) is 9.02. The molecule has 0 heterocycles. The van der Waals surface area contributed by atoms with Crippen LogP contribution in [0.1, 0.15) is 5.56 Å². The second-order valence-electron chi connectivity index (χ2n) is 4.05. The van der Waals surface area contributed by atoms with Crippen LogP contribution in [0.25, 0.3) is 0 Å². The second kappa shape index (κ2) is 5.95. The highest BCUT2D eigenvalue weighted by molar-refractivity contribution is 5.38. The Kier molecular flexibility index (Phi) is 4.07. The maximum atomic E-state index is 13.8. The van der Waals surface area contributed by atoms with Gasteiger partial charge in [0.2, 0.25) is 5.82 Å². The quantitative estimate of drug-likeness (QED) is 0.622. The van der Waals surface area contributed by atoms with Crippen molar-refractivity contribution in [1.82, 2.24) is 0 Å².